The molecule has 5 nitrogen and oxygen atoms in total. The van der Waals surface area contributed by atoms with Gasteiger partial charge in [-0.15, -0.1) is 12.3 Å². The lowest BCUT2D eigenvalue weighted by molar-refractivity contribution is -0.375. The molecule has 0 aromatic heterocycles. The van der Waals surface area contributed by atoms with Crippen LogP contribution in [0.1, 0.15) is 20.3 Å². The molecule has 0 saturated heterocycles. The maximum Gasteiger partial charge on any atom is 0.414 e. The number of terminal acetylenes is 1. The van der Waals surface area contributed by atoms with Crippen LogP contribution in [-0.4, -0.2) is 25.5 Å². The van der Waals surface area contributed by atoms with Gasteiger partial charge in [0.25, 0.3) is 0 Å². The van der Waals surface area contributed by atoms with Gasteiger partial charge in [0.15, 0.2) is 5.72 Å². The Morgan fingerprint density at radius 3 is 2.57 bits per heavy atom. The molecule has 1 rings (SSSR count). The summed E-state index contributed by atoms with van der Waals surface area (Å²) in [4.78, 5) is 0. The number of hydrogen-bond acceptors (Lipinski definition) is 5. The minimum Gasteiger partial charge on any atom is -0.310 e. The van der Waals surface area contributed by atoms with Gasteiger partial charge in [0.05, 0.1) is 6.61 Å². The van der Waals surface area contributed by atoms with E-state index in [0.717, 1.165) is 0 Å². The van der Waals surface area contributed by atoms with E-state index >= 15 is 0 Å². The van der Waals surface area contributed by atoms with Crippen molar-refractivity contribution in [3.8, 4) is 12.3 Å². The van der Waals surface area contributed by atoms with Crippen molar-refractivity contribution < 1.29 is 14.2 Å². The second kappa shape index (κ2) is 4.05. The van der Waals surface area contributed by atoms with Crippen LogP contribution >= 0.6 is 0 Å². The lowest BCUT2D eigenvalue weighted by atomic mass is 10.3. The van der Waals surface area contributed by atoms with Crippen LogP contribution < -0.4 is 0 Å². The third-order valence-electron chi connectivity index (χ3n) is 1.58. The molecule has 1 atom stereocenters. The summed E-state index contributed by atoms with van der Waals surface area (Å²) in [5, 5.41) is 7.67. The van der Waals surface area contributed by atoms with Gasteiger partial charge in [0.1, 0.15) is 0 Å². The smallest absolute Gasteiger partial charge is 0.310 e. The molecular weight excluding hydrogens is 184 g/mol. The maximum atomic E-state index is 5.39. The quantitative estimate of drug-likeness (QED) is 0.391. The summed E-state index contributed by atoms with van der Waals surface area (Å²) in [5.41, 5.74) is -0.716. The first kappa shape index (κ1) is 11.1. The molecule has 14 heavy (non-hydrogen) atoms. The predicted molar refractivity (Wildman–Crippen MR) is 49.2 cm³/mol. The van der Waals surface area contributed by atoms with Crippen LogP contribution in [-0.2, 0) is 14.2 Å². The van der Waals surface area contributed by atoms with E-state index in [1.165, 1.54) is 7.11 Å². The molecule has 0 N–H and O–H groups in total. The van der Waals surface area contributed by atoms with Crippen molar-refractivity contribution in [3.05, 3.63) is 0 Å². The summed E-state index contributed by atoms with van der Waals surface area (Å²) in [5.74, 6) is 2.45. The van der Waals surface area contributed by atoms with Crippen LogP contribution in [0.5, 0.6) is 0 Å². The lowest BCUT2D eigenvalue weighted by Crippen LogP contribution is -2.38. The number of hydrogen-bond donors (Lipinski definition) is 0. The van der Waals surface area contributed by atoms with Crippen LogP contribution in [0.2, 0.25) is 0 Å². The molecule has 0 radical (unpaired) electrons. The molecular formula is C9H14N2O3. The molecule has 1 heterocycles. The van der Waals surface area contributed by atoms with Gasteiger partial charge >= 0.3 is 6.10 Å². The molecule has 0 bridgehead atoms. The molecule has 0 unspecified atom stereocenters. The summed E-state index contributed by atoms with van der Waals surface area (Å²) in [6.07, 6.45) is 4.15. The fourth-order valence-corrected chi connectivity index (χ4v) is 0.977. The normalized spacial score (nSPS) is 29.0. The van der Waals surface area contributed by atoms with Gasteiger partial charge in [0.2, 0.25) is 0 Å². The Balaban J connectivity index is 2.54. The Morgan fingerprint density at radius 1 is 1.43 bits per heavy atom. The van der Waals surface area contributed by atoms with E-state index in [4.69, 9.17) is 20.6 Å². The van der Waals surface area contributed by atoms with E-state index in [-0.39, 0.29) is 0 Å². The monoisotopic (exact) mass is 198 g/mol. The van der Waals surface area contributed by atoms with Crippen molar-refractivity contribution in [2.45, 2.75) is 32.1 Å². The van der Waals surface area contributed by atoms with Crippen molar-refractivity contribution in [2.24, 2.45) is 10.2 Å². The van der Waals surface area contributed by atoms with Crippen molar-refractivity contribution >= 4 is 0 Å². The van der Waals surface area contributed by atoms with E-state index < -0.39 is 11.8 Å². The number of azo groups is 1. The fraction of sp³-hybridized carbons (Fsp3) is 0.778. The van der Waals surface area contributed by atoms with Crippen LogP contribution in [0.15, 0.2) is 10.2 Å². The molecule has 0 spiro atoms. The van der Waals surface area contributed by atoms with Gasteiger partial charge in [-0.25, -0.2) is 0 Å². The standard InChI is InChI=1S/C9H14N2O3/c1-5-6-7-13-9(12-4)11-10-8(2,3)14-9/h1H,6-7H2,2-4H3/t9-/m1/s1. The first-order valence-corrected chi connectivity index (χ1v) is 4.30. The van der Waals surface area contributed by atoms with Gasteiger partial charge in [-0.3, -0.25) is 4.74 Å². The molecule has 0 fully saturated rings. The Labute approximate surface area is 83.4 Å². The average molecular weight is 198 g/mol. The van der Waals surface area contributed by atoms with Gasteiger partial charge in [-0.05, 0) is 13.8 Å². The molecule has 0 aromatic rings. The minimum atomic E-state index is -1.42. The summed E-state index contributed by atoms with van der Waals surface area (Å²) >= 11 is 0. The highest BCUT2D eigenvalue weighted by Crippen LogP contribution is 2.32. The number of nitrogens with zero attached hydrogens (tertiary/aromatic N) is 2. The van der Waals surface area contributed by atoms with Crippen LogP contribution in [0.4, 0.5) is 0 Å². The zero-order valence-corrected chi connectivity index (χ0v) is 8.61. The van der Waals surface area contributed by atoms with Gasteiger partial charge in [-0.1, -0.05) is 5.11 Å². The third-order valence-corrected chi connectivity index (χ3v) is 1.58. The van der Waals surface area contributed by atoms with Crippen molar-refractivity contribution in [3.63, 3.8) is 0 Å². The topological polar surface area (TPSA) is 52.4 Å². The van der Waals surface area contributed by atoms with E-state index in [1.54, 1.807) is 13.8 Å². The second-order valence-corrected chi connectivity index (χ2v) is 3.28. The first-order chi connectivity index (χ1) is 6.54. The Kier molecular flexibility index (Phi) is 3.21. The lowest BCUT2D eigenvalue weighted by Gasteiger charge is -2.24. The van der Waals surface area contributed by atoms with Crippen LogP contribution in [0.25, 0.3) is 0 Å². The number of rotatable bonds is 4. The summed E-state index contributed by atoms with van der Waals surface area (Å²) in [6, 6.07) is 0. The van der Waals surface area contributed by atoms with Crippen LogP contribution in [0.3, 0.4) is 0 Å². The predicted octanol–water partition coefficient (Wildman–Crippen LogP) is 1.50. The molecule has 78 valence electrons. The van der Waals surface area contributed by atoms with Crippen molar-refractivity contribution in [2.75, 3.05) is 13.7 Å². The minimum absolute atomic E-state index is 0.319. The first-order valence-electron chi connectivity index (χ1n) is 4.30. The molecule has 0 saturated carbocycles. The van der Waals surface area contributed by atoms with Crippen LogP contribution in [0, 0.1) is 12.3 Å². The Bertz CT molecular complexity index is 270. The summed E-state index contributed by atoms with van der Waals surface area (Å²) in [7, 11) is 1.44. The number of methoxy groups -OCH3 is 1. The summed E-state index contributed by atoms with van der Waals surface area (Å²) < 4.78 is 15.7. The highest BCUT2D eigenvalue weighted by atomic mass is 16.9. The maximum absolute atomic E-state index is 5.39. The highest BCUT2D eigenvalue weighted by molar-refractivity contribution is 4.83. The molecule has 0 aliphatic carbocycles. The zero-order valence-electron chi connectivity index (χ0n) is 8.61. The Morgan fingerprint density at radius 2 is 2.14 bits per heavy atom. The zero-order chi connectivity index (χ0) is 10.7. The van der Waals surface area contributed by atoms with Gasteiger partial charge in [-0.2, -0.15) is 5.11 Å². The Hall–Kier alpha value is -0.960. The highest BCUT2D eigenvalue weighted by Gasteiger charge is 2.45. The largest absolute Gasteiger partial charge is 0.414 e. The molecule has 1 aliphatic heterocycles. The fourth-order valence-electron chi connectivity index (χ4n) is 0.977. The van der Waals surface area contributed by atoms with Gasteiger partial charge < -0.3 is 9.47 Å². The van der Waals surface area contributed by atoms with E-state index in [2.05, 4.69) is 16.1 Å². The molecule has 0 aromatic carbocycles. The average Bonchev–Trinajstić information content (AvgIpc) is 2.44. The van der Waals surface area contributed by atoms with E-state index in [9.17, 15) is 0 Å². The van der Waals surface area contributed by atoms with Gasteiger partial charge in [0, 0.05) is 13.5 Å². The molecule has 1 aliphatic rings. The summed E-state index contributed by atoms with van der Waals surface area (Å²) in [6.45, 7) is 3.85. The van der Waals surface area contributed by atoms with E-state index in [1.807, 2.05) is 0 Å². The SMILES string of the molecule is C#CCCO[C@]1(OC)N=NC(C)(C)O1. The second-order valence-electron chi connectivity index (χ2n) is 3.28. The third kappa shape index (κ3) is 2.51. The molecule has 0 amide bonds. The van der Waals surface area contributed by atoms with Crippen molar-refractivity contribution in [1.29, 1.82) is 0 Å². The number of ether oxygens (including phenoxy) is 3. The van der Waals surface area contributed by atoms with Crippen molar-refractivity contribution in [1.82, 2.24) is 0 Å². The van der Waals surface area contributed by atoms with E-state index in [0.29, 0.717) is 13.0 Å². The molecule has 5 heteroatoms.